The highest BCUT2D eigenvalue weighted by Gasteiger charge is 2.14. The van der Waals surface area contributed by atoms with Gasteiger partial charge in [0.05, 0.1) is 19.4 Å². The van der Waals surface area contributed by atoms with E-state index in [1.807, 2.05) is 28.8 Å². The van der Waals surface area contributed by atoms with E-state index in [0.717, 1.165) is 59.9 Å². The molecule has 0 spiro atoms. The highest BCUT2D eigenvalue weighted by atomic mass is 16.5. The molecule has 3 aromatic heterocycles. The molecule has 4 aromatic rings. The summed E-state index contributed by atoms with van der Waals surface area (Å²) in [6.07, 6.45) is 5.53. The molecular formula is C24H24N6O2. The second-order valence-electron chi connectivity index (χ2n) is 7.80. The van der Waals surface area contributed by atoms with Crippen LogP contribution in [0.4, 0.5) is 17.3 Å². The van der Waals surface area contributed by atoms with E-state index in [1.165, 1.54) is 6.92 Å². The molecule has 5 rings (SSSR count). The number of carbonyl (C=O) groups is 1. The summed E-state index contributed by atoms with van der Waals surface area (Å²) in [6, 6.07) is 14.3. The maximum Gasteiger partial charge on any atom is 0.222 e. The van der Waals surface area contributed by atoms with Crippen molar-refractivity contribution in [3.05, 3.63) is 61.1 Å². The number of hydrogen-bond donors (Lipinski definition) is 2. The van der Waals surface area contributed by atoms with Crippen molar-refractivity contribution >= 4 is 28.9 Å². The summed E-state index contributed by atoms with van der Waals surface area (Å²) >= 11 is 0. The zero-order valence-corrected chi connectivity index (χ0v) is 17.8. The van der Waals surface area contributed by atoms with Gasteiger partial charge in [0.15, 0.2) is 5.82 Å². The maximum absolute atomic E-state index is 11.3. The zero-order valence-electron chi connectivity index (χ0n) is 17.8. The Labute approximate surface area is 185 Å². The van der Waals surface area contributed by atoms with E-state index in [2.05, 4.69) is 44.5 Å². The van der Waals surface area contributed by atoms with Gasteiger partial charge in [0.25, 0.3) is 0 Å². The minimum absolute atomic E-state index is 0.152. The van der Waals surface area contributed by atoms with Gasteiger partial charge >= 0.3 is 0 Å². The average Bonchev–Trinajstić information content (AvgIpc) is 3.21. The van der Waals surface area contributed by atoms with Gasteiger partial charge in [-0.1, -0.05) is 12.1 Å². The van der Waals surface area contributed by atoms with Crippen LogP contribution >= 0.6 is 0 Å². The lowest BCUT2D eigenvalue weighted by molar-refractivity contribution is -0.114. The summed E-state index contributed by atoms with van der Waals surface area (Å²) in [5, 5.41) is 2.71. The Hall–Kier alpha value is -3.91. The van der Waals surface area contributed by atoms with Crippen LogP contribution in [-0.4, -0.2) is 46.6 Å². The number of rotatable bonds is 4. The first kappa shape index (κ1) is 20.0. The highest BCUT2D eigenvalue weighted by Crippen LogP contribution is 2.32. The molecule has 1 amide bonds. The number of hydrogen-bond acceptors (Lipinski definition) is 6. The Morgan fingerprint density at radius 3 is 2.72 bits per heavy atom. The minimum Gasteiger partial charge on any atom is -0.383 e. The number of nitrogens with one attached hydrogen (secondary N) is 1. The van der Waals surface area contributed by atoms with E-state index in [0.29, 0.717) is 11.6 Å². The number of amides is 1. The van der Waals surface area contributed by atoms with Gasteiger partial charge in [0.2, 0.25) is 5.91 Å². The summed E-state index contributed by atoms with van der Waals surface area (Å²) in [5.41, 5.74) is 12.0. The SMILES string of the molecule is CC(=O)Nc1cn2cc(-c3cnc(N)c(-c4cccc(N5CCOCC5)c4)c3)ccc2n1. The molecule has 1 saturated heterocycles. The second kappa shape index (κ2) is 8.32. The third kappa shape index (κ3) is 4.00. The molecule has 1 aromatic carbocycles. The quantitative estimate of drug-likeness (QED) is 0.517. The van der Waals surface area contributed by atoms with Crippen LogP contribution in [0.1, 0.15) is 6.92 Å². The molecule has 0 bridgehead atoms. The van der Waals surface area contributed by atoms with Crippen molar-refractivity contribution in [3.8, 4) is 22.3 Å². The van der Waals surface area contributed by atoms with Crippen LogP contribution in [0.15, 0.2) is 61.1 Å². The molecule has 1 aliphatic heterocycles. The van der Waals surface area contributed by atoms with Crippen LogP contribution in [0.2, 0.25) is 0 Å². The summed E-state index contributed by atoms with van der Waals surface area (Å²) in [7, 11) is 0. The normalized spacial score (nSPS) is 14.0. The number of ether oxygens (including phenoxy) is 1. The third-order valence-corrected chi connectivity index (χ3v) is 5.54. The molecule has 0 atom stereocenters. The van der Waals surface area contributed by atoms with Gasteiger partial charge in [-0.2, -0.15) is 0 Å². The summed E-state index contributed by atoms with van der Waals surface area (Å²) < 4.78 is 7.36. The largest absolute Gasteiger partial charge is 0.383 e. The summed E-state index contributed by atoms with van der Waals surface area (Å²) in [5.74, 6) is 0.857. The number of aromatic nitrogens is 3. The summed E-state index contributed by atoms with van der Waals surface area (Å²) in [6.45, 7) is 4.70. The average molecular weight is 428 g/mol. The fourth-order valence-electron chi connectivity index (χ4n) is 3.96. The van der Waals surface area contributed by atoms with Crippen LogP contribution in [0, 0.1) is 0 Å². The van der Waals surface area contributed by atoms with Crippen molar-refractivity contribution < 1.29 is 9.53 Å². The molecule has 32 heavy (non-hydrogen) atoms. The number of nitrogen functional groups attached to an aromatic ring is 1. The number of nitrogens with zero attached hydrogens (tertiary/aromatic N) is 4. The number of nitrogens with two attached hydrogens (primary N) is 1. The Morgan fingerprint density at radius 1 is 1.06 bits per heavy atom. The Balaban J connectivity index is 1.49. The molecule has 8 nitrogen and oxygen atoms in total. The monoisotopic (exact) mass is 428 g/mol. The van der Waals surface area contributed by atoms with Crippen molar-refractivity contribution in [3.63, 3.8) is 0 Å². The lowest BCUT2D eigenvalue weighted by Crippen LogP contribution is -2.36. The van der Waals surface area contributed by atoms with Crippen LogP contribution in [0.25, 0.3) is 27.9 Å². The lowest BCUT2D eigenvalue weighted by Gasteiger charge is -2.29. The van der Waals surface area contributed by atoms with E-state index in [1.54, 1.807) is 12.4 Å². The number of fused-ring (bicyclic) bond motifs is 1. The van der Waals surface area contributed by atoms with Crippen molar-refractivity contribution in [2.45, 2.75) is 6.92 Å². The van der Waals surface area contributed by atoms with E-state index in [4.69, 9.17) is 10.5 Å². The number of benzene rings is 1. The molecule has 4 heterocycles. The van der Waals surface area contributed by atoms with Crippen LogP contribution < -0.4 is 16.0 Å². The van der Waals surface area contributed by atoms with Gasteiger partial charge in [0.1, 0.15) is 11.5 Å². The van der Waals surface area contributed by atoms with Crippen molar-refractivity contribution in [2.75, 3.05) is 42.3 Å². The van der Waals surface area contributed by atoms with E-state index in [9.17, 15) is 4.79 Å². The highest BCUT2D eigenvalue weighted by molar-refractivity contribution is 5.88. The van der Waals surface area contributed by atoms with Gasteiger partial charge in [0, 0.05) is 54.8 Å². The maximum atomic E-state index is 11.3. The first-order valence-corrected chi connectivity index (χ1v) is 10.5. The number of anilines is 3. The third-order valence-electron chi connectivity index (χ3n) is 5.54. The van der Waals surface area contributed by atoms with Gasteiger partial charge < -0.3 is 25.1 Å². The number of imidazole rings is 1. The minimum atomic E-state index is -0.152. The smallest absolute Gasteiger partial charge is 0.222 e. The number of pyridine rings is 2. The first-order chi connectivity index (χ1) is 15.6. The molecule has 0 saturated carbocycles. The van der Waals surface area contributed by atoms with Crippen LogP contribution in [0.5, 0.6) is 0 Å². The fourth-order valence-corrected chi connectivity index (χ4v) is 3.96. The van der Waals surface area contributed by atoms with Crippen LogP contribution in [0.3, 0.4) is 0 Å². The molecule has 0 unspecified atom stereocenters. The first-order valence-electron chi connectivity index (χ1n) is 10.5. The van der Waals surface area contributed by atoms with Crippen LogP contribution in [-0.2, 0) is 9.53 Å². The van der Waals surface area contributed by atoms with E-state index >= 15 is 0 Å². The Kier molecular flexibility index (Phi) is 5.20. The van der Waals surface area contributed by atoms with Gasteiger partial charge in [-0.3, -0.25) is 4.79 Å². The topological polar surface area (TPSA) is 97.8 Å². The zero-order chi connectivity index (χ0) is 22.1. The molecule has 0 aliphatic carbocycles. The van der Waals surface area contributed by atoms with E-state index < -0.39 is 0 Å². The number of morpholine rings is 1. The Morgan fingerprint density at radius 2 is 1.91 bits per heavy atom. The van der Waals surface area contributed by atoms with Gasteiger partial charge in [-0.25, -0.2) is 9.97 Å². The fraction of sp³-hybridized carbons (Fsp3) is 0.208. The molecule has 0 radical (unpaired) electrons. The summed E-state index contributed by atoms with van der Waals surface area (Å²) in [4.78, 5) is 22.5. The van der Waals surface area contributed by atoms with Gasteiger partial charge in [-0.15, -0.1) is 0 Å². The van der Waals surface area contributed by atoms with Gasteiger partial charge in [-0.05, 0) is 35.9 Å². The molecule has 3 N–H and O–H groups in total. The molecule has 1 fully saturated rings. The lowest BCUT2D eigenvalue weighted by atomic mass is 10.0. The van der Waals surface area contributed by atoms with Crippen molar-refractivity contribution in [1.82, 2.24) is 14.4 Å². The molecular weight excluding hydrogens is 404 g/mol. The van der Waals surface area contributed by atoms with Crippen molar-refractivity contribution in [2.24, 2.45) is 0 Å². The Bertz CT molecular complexity index is 1290. The van der Waals surface area contributed by atoms with E-state index in [-0.39, 0.29) is 5.91 Å². The standard InChI is InChI=1S/C24H24N6O2/c1-16(31)27-22-15-30-14-18(5-6-23(30)28-22)19-12-21(24(25)26-13-19)17-3-2-4-20(11-17)29-7-9-32-10-8-29/h2-6,11-15H,7-10H2,1H3,(H2,25,26)(H,27,31). The predicted molar refractivity (Wildman–Crippen MR) is 126 cm³/mol. The number of carbonyl (C=O) groups excluding carboxylic acids is 1. The predicted octanol–water partition coefficient (Wildman–Crippen LogP) is 3.44. The molecule has 162 valence electrons. The second-order valence-corrected chi connectivity index (χ2v) is 7.80. The van der Waals surface area contributed by atoms with Crippen molar-refractivity contribution in [1.29, 1.82) is 0 Å². The molecule has 8 heteroatoms. The molecule has 1 aliphatic rings.